The molecule has 0 fully saturated rings. The fourth-order valence-corrected chi connectivity index (χ4v) is 4.61. The Morgan fingerprint density at radius 2 is 2.07 bits per heavy atom. The fraction of sp³-hybridized carbons (Fsp3) is 0.250. The molecular weight excluding hydrogens is 376 g/mol. The highest BCUT2D eigenvalue weighted by atomic mass is 32.1. The maximum atomic E-state index is 12.2. The molecule has 4 aromatic rings. The molecule has 0 bridgehead atoms. The van der Waals surface area contributed by atoms with Gasteiger partial charge in [-0.15, -0.1) is 11.3 Å². The fourth-order valence-electron chi connectivity index (χ4n) is 3.08. The number of nitrogens with zero attached hydrogens (tertiary/aromatic N) is 3. The minimum Gasteiger partial charge on any atom is -0.356 e. The smallest absolute Gasteiger partial charge is 0.226 e. The van der Waals surface area contributed by atoms with Gasteiger partial charge in [0.2, 0.25) is 5.91 Å². The van der Waals surface area contributed by atoms with E-state index < -0.39 is 0 Å². The first-order valence-corrected chi connectivity index (χ1v) is 10.7. The van der Waals surface area contributed by atoms with Gasteiger partial charge >= 0.3 is 0 Å². The normalized spacial score (nSPS) is 11.1. The van der Waals surface area contributed by atoms with Gasteiger partial charge in [-0.3, -0.25) is 4.79 Å². The maximum absolute atomic E-state index is 12.2. The number of aromatic nitrogens is 3. The van der Waals surface area contributed by atoms with E-state index in [1.807, 2.05) is 35.9 Å². The summed E-state index contributed by atoms with van der Waals surface area (Å²) in [4.78, 5) is 21.3. The zero-order chi connectivity index (χ0) is 18.6. The molecule has 138 valence electrons. The average molecular weight is 397 g/mol. The molecule has 0 radical (unpaired) electrons. The molecule has 0 aliphatic carbocycles. The first-order valence-electron chi connectivity index (χ1n) is 8.86. The van der Waals surface area contributed by atoms with Crippen LogP contribution in [-0.2, 0) is 17.8 Å². The first kappa shape index (κ1) is 17.9. The van der Waals surface area contributed by atoms with Crippen molar-refractivity contribution in [1.82, 2.24) is 19.9 Å². The third-order valence-electron chi connectivity index (χ3n) is 4.39. The molecule has 27 heavy (non-hydrogen) atoms. The number of carbonyl (C=O) groups is 1. The molecule has 4 rings (SSSR count). The van der Waals surface area contributed by atoms with Crippen molar-refractivity contribution in [2.24, 2.45) is 0 Å². The molecular formula is C20H20N4OS2. The Morgan fingerprint density at radius 1 is 1.19 bits per heavy atom. The summed E-state index contributed by atoms with van der Waals surface area (Å²) in [6.07, 6.45) is 1.19. The van der Waals surface area contributed by atoms with Crippen LogP contribution >= 0.6 is 22.7 Å². The van der Waals surface area contributed by atoms with Crippen LogP contribution in [-0.4, -0.2) is 27.0 Å². The van der Waals surface area contributed by atoms with Gasteiger partial charge in [0.25, 0.3) is 0 Å². The number of hydrogen-bond acceptors (Lipinski definition) is 5. The lowest BCUT2D eigenvalue weighted by Crippen LogP contribution is -2.27. The minimum atomic E-state index is 0.0179. The molecule has 7 heteroatoms. The zero-order valence-corrected chi connectivity index (χ0v) is 16.6. The average Bonchev–Trinajstić information content (AvgIpc) is 3.39. The SMILES string of the molecule is Cc1nc2ccccc2n1CCCNC(=O)Cc1csc(-c2ccsc2)n1. The lowest BCUT2D eigenvalue weighted by Gasteiger charge is -2.08. The molecule has 0 aliphatic rings. The van der Waals surface area contributed by atoms with E-state index in [0.717, 1.165) is 46.1 Å². The summed E-state index contributed by atoms with van der Waals surface area (Å²) in [6, 6.07) is 10.2. The van der Waals surface area contributed by atoms with Crippen LogP contribution in [0.1, 0.15) is 17.9 Å². The van der Waals surface area contributed by atoms with Gasteiger partial charge in [0.15, 0.2) is 0 Å². The van der Waals surface area contributed by atoms with Crippen LogP contribution in [0.2, 0.25) is 0 Å². The Hall–Kier alpha value is -2.51. The quantitative estimate of drug-likeness (QED) is 0.474. The largest absolute Gasteiger partial charge is 0.356 e. The molecule has 0 spiro atoms. The van der Waals surface area contributed by atoms with E-state index in [-0.39, 0.29) is 5.91 Å². The number of carbonyl (C=O) groups excluding carboxylic acids is 1. The molecule has 0 saturated carbocycles. The second-order valence-electron chi connectivity index (χ2n) is 6.34. The molecule has 1 N–H and O–H groups in total. The Labute approximate surface area is 165 Å². The number of benzene rings is 1. The molecule has 0 aliphatic heterocycles. The minimum absolute atomic E-state index is 0.0179. The summed E-state index contributed by atoms with van der Waals surface area (Å²) >= 11 is 3.24. The first-order chi connectivity index (χ1) is 13.2. The van der Waals surface area contributed by atoms with E-state index in [1.165, 1.54) is 0 Å². The number of thiophene rings is 1. The highest BCUT2D eigenvalue weighted by Crippen LogP contribution is 2.25. The van der Waals surface area contributed by atoms with Crippen molar-refractivity contribution in [2.75, 3.05) is 6.54 Å². The van der Waals surface area contributed by atoms with Gasteiger partial charge < -0.3 is 9.88 Å². The number of nitrogens with one attached hydrogen (secondary N) is 1. The van der Waals surface area contributed by atoms with Gasteiger partial charge in [-0.05, 0) is 36.9 Å². The van der Waals surface area contributed by atoms with Gasteiger partial charge in [0.1, 0.15) is 10.8 Å². The summed E-state index contributed by atoms with van der Waals surface area (Å²) < 4.78 is 2.20. The molecule has 0 saturated heterocycles. The molecule has 0 unspecified atom stereocenters. The van der Waals surface area contributed by atoms with E-state index in [4.69, 9.17) is 0 Å². The van der Waals surface area contributed by atoms with Crippen LogP contribution in [0.3, 0.4) is 0 Å². The Kier molecular flexibility index (Phi) is 5.31. The Balaban J connectivity index is 1.27. The van der Waals surface area contributed by atoms with Crippen LogP contribution in [0.5, 0.6) is 0 Å². The van der Waals surface area contributed by atoms with Gasteiger partial charge in [-0.2, -0.15) is 11.3 Å². The van der Waals surface area contributed by atoms with Crippen LogP contribution in [0.4, 0.5) is 0 Å². The third kappa shape index (κ3) is 4.09. The van der Waals surface area contributed by atoms with E-state index in [1.54, 1.807) is 22.7 Å². The second kappa shape index (κ2) is 8.02. The number of aryl methyl sites for hydroxylation is 2. The van der Waals surface area contributed by atoms with Crippen LogP contribution in [0.25, 0.3) is 21.6 Å². The predicted molar refractivity (Wildman–Crippen MR) is 111 cm³/mol. The number of imidazole rings is 1. The van der Waals surface area contributed by atoms with Crippen LogP contribution < -0.4 is 5.32 Å². The van der Waals surface area contributed by atoms with Crippen molar-refractivity contribution in [2.45, 2.75) is 26.3 Å². The van der Waals surface area contributed by atoms with Gasteiger partial charge in [0, 0.05) is 29.4 Å². The van der Waals surface area contributed by atoms with Gasteiger partial charge in [-0.25, -0.2) is 9.97 Å². The van der Waals surface area contributed by atoms with Crippen molar-refractivity contribution in [3.63, 3.8) is 0 Å². The number of amides is 1. The Morgan fingerprint density at radius 3 is 2.93 bits per heavy atom. The van der Waals surface area contributed by atoms with Crippen molar-refractivity contribution >= 4 is 39.6 Å². The highest BCUT2D eigenvalue weighted by molar-refractivity contribution is 7.14. The van der Waals surface area contributed by atoms with Crippen molar-refractivity contribution < 1.29 is 4.79 Å². The van der Waals surface area contributed by atoms with Crippen molar-refractivity contribution in [3.8, 4) is 10.6 Å². The van der Waals surface area contributed by atoms with Crippen LogP contribution in [0, 0.1) is 6.92 Å². The van der Waals surface area contributed by atoms with E-state index >= 15 is 0 Å². The number of para-hydroxylation sites is 2. The summed E-state index contributed by atoms with van der Waals surface area (Å²) in [7, 11) is 0. The summed E-state index contributed by atoms with van der Waals surface area (Å²) in [5.41, 5.74) is 4.11. The lowest BCUT2D eigenvalue weighted by atomic mass is 10.3. The van der Waals surface area contributed by atoms with Crippen LogP contribution in [0.15, 0.2) is 46.5 Å². The predicted octanol–water partition coefficient (Wildman–Crippen LogP) is 4.28. The van der Waals surface area contributed by atoms with Crippen molar-refractivity contribution in [3.05, 3.63) is 58.0 Å². The number of rotatable bonds is 7. The Bertz CT molecular complexity index is 1050. The van der Waals surface area contributed by atoms with Gasteiger partial charge in [-0.1, -0.05) is 12.1 Å². The molecule has 1 amide bonds. The van der Waals surface area contributed by atoms with Crippen molar-refractivity contribution in [1.29, 1.82) is 0 Å². The summed E-state index contributed by atoms with van der Waals surface area (Å²) in [5.74, 6) is 1.02. The topological polar surface area (TPSA) is 59.8 Å². The van der Waals surface area contributed by atoms with E-state index in [0.29, 0.717) is 13.0 Å². The van der Waals surface area contributed by atoms with Gasteiger partial charge in [0.05, 0.1) is 23.1 Å². The standard InChI is InChI=1S/C20H20N4OS2/c1-14-22-17-5-2-3-6-18(17)24(14)9-4-8-21-19(25)11-16-13-27-20(23-16)15-7-10-26-12-15/h2-3,5-7,10,12-13H,4,8-9,11H2,1H3,(H,21,25). The molecule has 5 nitrogen and oxygen atoms in total. The molecule has 3 aromatic heterocycles. The summed E-state index contributed by atoms with van der Waals surface area (Å²) in [6.45, 7) is 3.50. The van der Waals surface area contributed by atoms with E-state index in [2.05, 4.69) is 37.4 Å². The monoisotopic (exact) mass is 396 g/mol. The second-order valence-corrected chi connectivity index (χ2v) is 7.97. The third-order valence-corrected chi connectivity index (χ3v) is 6.01. The lowest BCUT2D eigenvalue weighted by molar-refractivity contribution is -0.120. The number of thiazole rings is 1. The zero-order valence-electron chi connectivity index (χ0n) is 15.0. The van der Waals surface area contributed by atoms with E-state index in [9.17, 15) is 4.79 Å². The number of hydrogen-bond donors (Lipinski definition) is 1. The highest BCUT2D eigenvalue weighted by Gasteiger charge is 2.10. The summed E-state index contributed by atoms with van der Waals surface area (Å²) in [5, 5.41) is 10.0. The molecule has 0 atom stereocenters. The molecule has 3 heterocycles. The number of fused-ring (bicyclic) bond motifs is 1. The maximum Gasteiger partial charge on any atom is 0.226 e. The molecule has 1 aromatic carbocycles.